The van der Waals surface area contributed by atoms with Gasteiger partial charge in [-0.05, 0) is 6.42 Å². The van der Waals surface area contributed by atoms with Gasteiger partial charge in [-0.2, -0.15) is 0 Å². The molecule has 1 aromatic heterocycles. The van der Waals surface area contributed by atoms with Gasteiger partial charge in [-0.1, -0.05) is 20.8 Å². The molecule has 100 valence electrons. The van der Waals surface area contributed by atoms with E-state index in [-0.39, 0.29) is 11.8 Å². The molecule has 18 heavy (non-hydrogen) atoms. The van der Waals surface area contributed by atoms with Crippen LogP contribution in [0.25, 0.3) is 0 Å². The molecule has 1 rings (SSSR count). The molecule has 0 atom stereocenters. The highest BCUT2D eigenvalue weighted by molar-refractivity contribution is 5.97. The molecule has 1 aromatic rings. The Hall–Kier alpha value is -1.69. The molecule has 3 N–H and O–H groups in total. The summed E-state index contributed by atoms with van der Waals surface area (Å²) in [6, 6.07) is 0. The van der Waals surface area contributed by atoms with Crippen molar-refractivity contribution >= 4 is 11.6 Å². The van der Waals surface area contributed by atoms with Gasteiger partial charge in [0.15, 0.2) is 5.69 Å². The van der Waals surface area contributed by atoms with Crippen molar-refractivity contribution in [2.45, 2.75) is 33.1 Å². The molecule has 0 fully saturated rings. The molecule has 0 aliphatic rings. The summed E-state index contributed by atoms with van der Waals surface area (Å²) >= 11 is 0. The van der Waals surface area contributed by atoms with Gasteiger partial charge in [0.2, 0.25) is 0 Å². The average molecular weight is 251 g/mol. The van der Waals surface area contributed by atoms with Crippen LogP contribution in [0.1, 0.15) is 49.4 Å². The third kappa shape index (κ3) is 3.16. The summed E-state index contributed by atoms with van der Waals surface area (Å²) in [6.45, 7) is 6.67. The van der Waals surface area contributed by atoms with Gasteiger partial charge in [0.1, 0.15) is 5.82 Å². The van der Waals surface area contributed by atoms with Gasteiger partial charge in [-0.15, -0.1) is 0 Å². The van der Waals surface area contributed by atoms with Gasteiger partial charge in [0, 0.05) is 19.5 Å². The molecule has 0 aliphatic carbocycles. The molecule has 0 saturated heterocycles. The fourth-order valence-corrected chi connectivity index (χ4v) is 1.56. The number of amides is 1. The molecule has 0 aliphatic heterocycles. The lowest BCUT2D eigenvalue weighted by atomic mass is 10.2. The Morgan fingerprint density at radius 1 is 1.56 bits per heavy atom. The van der Waals surface area contributed by atoms with Gasteiger partial charge >= 0.3 is 0 Å². The second-order valence-corrected chi connectivity index (χ2v) is 4.52. The van der Waals surface area contributed by atoms with Crippen molar-refractivity contribution in [2.24, 2.45) is 5.84 Å². The zero-order valence-electron chi connectivity index (χ0n) is 11.4. The summed E-state index contributed by atoms with van der Waals surface area (Å²) in [5.41, 5.74) is 3.24. The summed E-state index contributed by atoms with van der Waals surface area (Å²) in [7, 11) is 1.75. The van der Waals surface area contributed by atoms with Crippen LogP contribution >= 0.6 is 0 Å². The quantitative estimate of drug-likeness (QED) is 0.610. The monoisotopic (exact) mass is 251 g/mol. The third-order valence-electron chi connectivity index (χ3n) is 2.59. The number of carbonyl (C=O) groups excluding carboxylic acids is 1. The van der Waals surface area contributed by atoms with Crippen molar-refractivity contribution in [1.82, 2.24) is 14.9 Å². The lowest BCUT2D eigenvalue weighted by Gasteiger charge is -2.18. The molecular weight excluding hydrogens is 230 g/mol. The van der Waals surface area contributed by atoms with E-state index in [4.69, 9.17) is 5.84 Å². The fourth-order valence-electron chi connectivity index (χ4n) is 1.56. The van der Waals surface area contributed by atoms with Gasteiger partial charge in [-0.25, -0.2) is 9.97 Å². The number of rotatable bonds is 5. The summed E-state index contributed by atoms with van der Waals surface area (Å²) in [5, 5.41) is 0. The first-order chi connectivity index (χ1) is 8.51. The smallest absolute Gasteiger partial charge is 0.274 e. The lowest BCUT2D eigenvalue weighted by Crippen LogP contribution is -2.30. The molecule has 1 heterocycles. The average Bonchev–Trinajstić information content (AvgIpc) is 2.37. The van der Waals surface area contributed by atoms with E-state index < -0.39 is 0 Å². The predicted molar refractivity (Wildman–Crippen MR) is 71.2 cm³/mol. The number of nitrogens with one attached hydrogen (secondary N) is 1. The van der Waals surface area contributed by atoms with E-state index in [1.807, 2.05) is 20.8 Å². The van der Waals surface area contributed by atoms with Gasteiger partial charge in [0.05, 0.1) is 11.9 Å². The van der Waals surface area contributed by atoms with Crippen LogP contribution in [0.5, 0.6) is 0 Å². The molecule has 6 heteroatoms. The van der Waals surface area contributed by atoms with Gasteiger partial charge in [-0.3, -0.25) is 10.6 Å². The van der Waals surface area contributed by atoms with Crippen LogP contribution in [0.15, 0.2) is 6.20 Å². The molecule has 0 saturated carbocycles. The number of hydrogen-bond acceptors (Lipinski definition) is 5. The summed E-state index contributed by atoms with van der Waals surface area (Å²) in [5.74, 6) is 6.05. The van der Waals surface area contributed by atoms with Crippen molar-refractivity contribution in [3.05, 3.63) is 17.7 Å². The number of hydrogen-bond donors (Lipinski definition) is 2. The SMILES string of the molecule is CCCN(C)C(=O)c1nc(C(C)C)ncc1NN. The number of nitrogens with zero attached hydrogens (tertiary/aromatic N) is 3. The topological polar surface area (TPSA) is 84.1 Å². The Kier molecular flexibility index (Phi) is 5.03. The van der Waals surface area contributed by atoms with Crippen LogP contribution in [-0.4, -0.2) is 34.4 Å². The van der Waals surface area contributed by atoms with Crippen molar-refractivity contribution in [2.75, 3.05) is 19.0 Å². The van der Waals surface area contributed by atoms with Crippen molar-refractivity contribution in [1.29, 1.82) is 0 Å². The Morgan fingerprint density at radius 2 is 2.22 bits per heavy atom. The maximum absolute atomic E-state index is 12.2. The van der Waals surface area contributed by atoms with E-state index in [9.17, 15) is 4.79 Å². The lowest BCUT2D eigenvalue weighted by molar-refractivity contribution is 0.0790. The maximum atomic E-state index is 12.2. The van der Waals surface area contributed by atoms with E-state index in [1.165, 1.54) is 0 Å². The highest BCUT2D eigenvalue weighted by Gasteiger charge is 2.19. The minimum absolute atomic E-state index is 0.144. The zero-order valence-corrected chi connectivity index (χ0v) is 11.4. The van der Waals surface area contributed by atoms with Gasteiger partial charge in [0.25, 0.3) is 5.91 Å². The highest BCUT2D eigenvalue weighted by atomic mass is 16.2. The third-order valence-corrected chi connectivity index (χ3v) is 2.59. The van der Waals surface area contributed by atoms with Crippen LogP contribution < -0.4 is 11.3 Å². The molecule has 0 aromatic carbocycles. The maximum Gasteiger partial charge on any atom is 0.274 e. The van der Waals surface area contributed by atoms with Crippen molar-refractivity contribution < 1.29 is 4.79 Å². The van der Waals surface area contributed by atoms with Crippen LogP contribution in [0, 0.1) is 0 Å². The summed E-state index contributed by atoms with van der Waals surface area (Å²) < 4.78 is 0. The number of carbonyl (C=O) groups is 1. The first-order valence-corrected chi connectivity index (χ1v) is 6.10. The van der Waals surface area contributed by atoms with E-state index in [2.05, 4.69) is 15.4 Å². The van der Waals surface area contributed by atoms with E-state index >= 15 is 0 Å². The van der Waals surface area contributed by atoms with Crippen molar-refractivity contribution in [3.63, 3.8) is 0 Å². The minimum Gasteiger partial charge on any atom is -0.340 e. The largest absolute Gasteiger partial charge is 0.340 e. The number of anilines is 1. The van der Waals surface area contributed by atoms with E-state index in [1.54, 1.807) is 18.1 Å². The van der Waals surface area contributed by atoms with E-state index in [0.29, 0.717) is 23.8 Å². The molecule has 0 unspecified atom stereocenters. The Balaban J connectivity index is 3.11. The molecule has 0 radical (unpaired) electrons. The molecule has 6 nitrogen and oxygen atoms in total. The zero-order chi connectivity index (χ0) is 13.7. The summed E-state index contributed by atoms with van der Waals surface area (Å²) in [6.07, 6.45) is 2.45. The second-order valence-electron chi connectivity index (χ2n) is 4.52. The minimum atomic E-state index is -0.144. The van der Waals surface area contributed by atoms with Crippen LogP contribution in [0.3, 0.4) is 0 Å². The second kappa shape index (κ2) is 6.30. The standard InChI is InChI=1S/C12H21N5O/c1-5-6-17(4)12(18)10-9(16-13)7-14-11(15-10)8(2)3/h7-8,16H,5-6,13H2,1-4H3. The first-order valence-electron chi connectivity index (χ1n) is 6.10. The first kappa shape index (κ1) is 14.4. The number of hydrazine groups is 1. The number of nitrogens with two attached hydrogens (primary N) is 1. The Labute approximate surface area is 108 Å². The van der Waals surface area contributed by atoms with Gasteiger partial charge < -0.3 is 10.3 Å². The molecule has 1 amide bonds. The predicted octanol–water partition coefficient (Wildman–Crippen LogP) is 1.37. The van der Waals surface area contributed by atoms with E-state index in [0.717, 1.165) is 6.42 Å². The fraction of sp³-hybridized carbons (Fsp3) is 0.583. The molecule has 0 bridgehead atoms. The molecule has 0 spiro atoms. The number of nitrogen functional groups attached to an aromatic ring is 1. The van der Waals surface area contributed by atoms with Crippen LogP contribution in [-0.2, 0) is 0 Å². The van der Waals surface area contributed by atoms with Crippen LogP contribution in [0.2, 0.25) is 0 Å². The van der Waals surface area contributed by atoms with Crippen LogP contribution in [0.4, 0.5) is 5.69 Å². The molecular formula is C12H21N5O. The Morgan fingerprint density at radius 3 is 2.72 bits per heavy atom. The number of aromatic nitrogens is 2. The summed E-state index contributed by atoms with van der Waals surface area (Å²) in [4.78, 5) is 22.3. The highest BCUT2D eigenvalue weighted by Crippen LogP contribution is 2.16. The normalized spacial score (nSPS) is 10.6. The Bertz CT molecular complexity index is 419. The van der Waals surface area contributed by atoms with Crippen molar-refractivity contribution in [3.8, 4) is 0 Å².